The molecule has 0 amide bonds. The third kappa shape index (κ3) is 1.66. The minimum atomic E-state index is -0.782. The van der Waals surface area contributed by atoms with E-state index in [1.165, 1.54) is 0 Å². The van der Waals surface area contributed by atoms with Crippen molar-refractivity contribution < 1.29 is 9.90 Å². The number of hydrogen-bond acceptors (Lipinski definition) is 4. The van der Waals surface area contributed by atoms with E-state index in [9.17, 15) is 9.90 Å². The van der Waals surface area contributed by atoms with E-state index in [0.29, 0.717) is 24.3 Å². The quantitative estimate of drug-likeness (QED) is 0.804. The average Bonchev–Trinajstić information content (AvgIpc) is 2.82. The molecule has 0 radical (unpaired) electrons. The molecule has 2 aromatic heterocycles. The maximum absolute atomic E-state index is 11.3. The van der Waals surface area contributed by atoms with Crippen LogP contribution in [-0.4, -0.2) is 30.7 Å². The van der Waals surface area contributed by atoms with Crippen LogP contribution in [0.15, 0.2) is 30.7 Å². The summed E-state index contributed by atoms with van der Waals surface area (Å²) in [6, 6.07) is 0. The Bertz CT molecular complexity index is 619. The van der Waals surface area contributed by atoms with Gasteiger partial charge in [0.1, 0.15) is 5.82 Å². The molecule has 0 fully saturated rings. The summed E-state index contributed by atoms with van der Waals surface area (Å²) in [5, 5.41) is 17.4. The molecule has 3 rings (SSSR count). The zero-order chi connectivity index (χ0) is 12.5. The van der Waals surface area contributed by atoms with Crippen LogP contribution in [0, 0.1) is 5.92 Å². The number of carboxylic acids is 1. The van der Waals surface area contributed by atoms with E-state index in [1.54, 1.807) is 18.6 Å². The second-order valence-corrected chi connectivity index (χ2v) is 4.36. The molecule has 1 aliphatic rings. The third-order valence-electron chi connectivity index (χ3n) is 3.32. The van der Waals surface area contributed by atoms with Gasteiger partial charge in [-0.25, -0.2) is 0 Å². The van der Waals surface area contributed by atoms with Gasteiger partial charge in [-0.05, 0) is 12.8 Å². The second kappa shape index (κ2) is 4.21. The van der Waals surface area contributed by atoms with Crippen LogP contribution in [0.4, 0.5) is 0 Å². The van der Waals surface area contributed by atoms with Gasteiger partial charge in [-0.15, -0.1) is 10.2 Å². The van der Waals surface area contributed by atoms with Crippen molar-refractivity contribution >= 4 is 11.6 Å². The number of carbonyl (C=O) groups is 1. The van der Waals surface area contributed by atoms with E-state index in [4.69, 9.17) is 0 Å². The molecule has 1 N–H and O–H groups in total. The number of allylic oxidation sites excluding steroid dienone is 2. The molecule has 0 aromatic carbocycles. The fourth-order valence-electron chi connectivity index (χ4n) is 2.40. The smallest absolute Gasteiger partial charge is 0.307 e. The molecule has 6 nitrogen and oxygen atoms in total. The number of hydrogen-bond donors (Lipinski definition) is 1. The molecule has 1 aliphatic carbocycles. The monoisotopic (exact) mass is 244 g/mol. The molecule has 2 atom stereocenters. The van der Waals surface area contributed by atoms with Gasteiger partial charge in [0, 0.05) is 18.3 Å². The number of fused-ring (bicyclic) bond motifs is 1. The summed E-state index contributed by atoms with van der Waals surface area (Å²) >= 11 is 0. The van der Waals surface area contributed by atoms with Gasteiger partial charge in [0.25, 0.3) is 0 Å². The van der Waals surface area contributed by atoms with Crippen LogP contribution in [0.25, 0.3) is 5.65 Å². The molecule has 6 heteroatoms. The van der Waals surface area contributed by atoms with Crippen LogP contribution in [0.3, 0.4) is 0 Å². The Morgan fingerprint density at radius 2 is 2.17 bits per heavy atom. The van der Waals surface area contributed by atoms with Crippen molar-refractivity contribution in [2.24, 2.45) is 5.92 Å². The maximum atomic E-state index is 11.3. The highest BCUT2D eigenvalue weighted by molar-refractivity contribution is 5.71. The number of rotatable bonds is 2. The first-order chi connectivity index (χ1) is 8.77. The van der Waals surface area contributed by atoms with Gasteiger partial charge >= 0.3 is 5.97 Å². The van der Waals surface area contributed by atoms with Gasteiger partial charge in [0.2, 0.25) is 0 Å². The lowest BCUT2D eigenvalue weighted by Gasteiger charge is -2.23. The lowest BCUT2D eigenvalue weighted by Crippen LogP contribution is -2.25. The molecular formula is C12H12N4O2. The van der Waals surface area contributed by atoms with E-state index in [1.807, 2.05) is 16.6 Å². The fourth-order valence-corrected chi connectivity index (χ4v) is 2.40. The Hall–Kier alpha value is -2.24. The van der Waals surface area contributed by atoms with Gasteiger partial charge in [-0.2, -0.15) is 0 Å². The third-order valence-corrected chi connectivity index (χ3v) is 3.32. The van der Waals surface area contributed by atoms with Gasteiger partial charge < -0.3 is 5.11 Å². The first kappa shape index (κ1) is 10.9. The summed E-state index contributed by atoms with van der Waals surface area (Å²) in [4.78, 5) is 15.3. The molecule has 2 heterocycles. The molecule has 0 saturated carbocycles. The Labute approximate surface area is 103 Å². The van der Waals surface area contributed by atoms with Crippen LogP contribution in [0.1, 0.15) is 24.6 Å². The topological polar surface area (TPSA) is 80.4 Å². The minimum absolute atomic E-state index is 0.134. The lowest BCUT2D eigenvalue weighted by molar-refractivity contribution is -0.142. The highest BCUT2D eigenvalue weighted by atomic mass is 16.4. The van der Waals surface area contributed by atoms with E-state index in [2.05, 4.69) is 15.2 Å². The Morgan fingerprint density at radius 3 is 3.00 bits per heavy atom. The van der Waals surface area contributed by atoms with Gasteiger partial charge in [-0.1, -0.05) is 12.2 Å². The molecule has 0 spiro atoms. The van der Waals surface area contributed by atoms with E-state index in [-0.39, 0.29) is 5.92 Å². The fraction of sp³-hybridized carbons (Fsp3) is 0.333. The van der Waals surface area contributed by atoms with Gasteiger partial charge in [0.05, 0.1) is 12.1 Å². The first-order valence-corrected chi connectivity index (χ1v) is 5.80. The van der Waals surface area contributed by atoms with Crippen LogP contribution in [-0.2, 0) is 4.79 Å². The predicted molar refractivity (Wildman–Crippen MR) is 63.0 cm³/mol. The first-order valence-electron chi connectivity index (χ1n) is 5.80. The summed E-state index contributed by atoms with van der Waals surface area (Å²) in [6.07, 6.45) is 10.2. The predicted octanol–water partition coefficient (Wildman–Crippen LogP) is 1.26. The Balaban J connectivity index is 2.07. The molecule has 2 unspecified atom stereocenters. The normalized spacial score (nSPS) is 23.3. The average molecular weight is 244 g/mol. The largest absolute Gasteiger partial charge is 0.481 e. The number of aromatic nitrogens is 4. The van der Waals surface area contributed by atoms with E-state index >= 15 is 0 Å². The minimum Gasteiger partial charge on any atom is -0.481 e. The number of aliphatic carboxylic acids is 1. The van der Waals surface area contributed by atoms with E-state index < -0.39 is 11.9 Å². The van der Waals surface area contributed by atoms with Crippen molar-refractivity contribution in [2.75, 3.05) is 0 Å². The molecule has 92 valence electrons. The van der Waals surface area contributed by atoms with Crippen molar-refractivity contribution in [2.45, 2.75) is 18.8 Å². The van der Waals surface area contributed by atoms with Crippen molar-refractivity contribution in [3.63, 3.8) is 0 Å². The van der Waals surface area contributed by atoms with E-state index in [0.717, 1.165) is 0 Å². The van der Waals surface area contributed by atoms with Crippen LogP contribution in [0.2, 0.25) is 0 Å². The molecule has 0 saturated heterocycles. The zero-order valence-electron chi connectivity index (χ0n) is 9.60. The van der Waals surface area contributed by atoms with Crippen molar-refractivity contribution in [3.8, 4) is 0 Å². The van der Waals surface area contributed by atoms with Crippen molar-refractivity contribution in [1.29, 1.82) is 0 Å². The summed E-state index contributed by atoms with van der Waals surface area (Å²) in [6.45, 7) is 0. The molecule has 0 aliphatic heterocycles. The zero-order valence-corrected chi connectivity index (χ0v) is 9.60. The number of carboxylic acid groups (broad SMARTS) is 1. The molecule has 2 aromatic rings. The Kier molecular flexibility index (Phi) is 2.55. The summed E-state index contributed by atoms with van der Waals surface area (Å²) < 4.78 is 1.81. The number of nitrogens with zero attached hydrogens (tertiary/aromatic N) is 4. The Morgan fingerprint density at radius 1 is 1.33 bits per heavy atom. The van der Waals surface area contributed by atoms with Crippen molar-refractivity contribution in [1.82, 2.24) is 19.6 Å². The highest BCUT2D eigenvalue weighted by Crippen LogP contribution is 2.33. The van der Waals surface area contributed by atoms with Crippen LogP contribution in [0.5, 0.6) is 0 Å². The van der Waals surface area contributed by atoms with Gasteiger partial charge in [0.15, 0.2) is 5.65 Å². The molecule has 0 bridgehead atoms. The van der Waals surface area contributed by atoms with Crippen LogP contribution < -0.4 is 0 Å². The molecular weight excluding hydrogens is 232 g/mol. The highest BCUT2D eigenvalue weighted by Gasteiger charge is 2.32. The van der Waals surface area contributed by atoms with Crippen LogP contribution >= 0.6 is 0 Å². The SMILES string of the molecule is O=C(O)C1CC=CCC1c1nnc2cnccn12. The van der Waals surface area contributed by atoms with Crippen molar-refractivity contribution in [3.05, 3.63) is 36.6 Å². The summed E-state index contributed by atoms with van der Waals surface area (Å²) in [5.74, 6) is -0.653. The maximum Gasteiger partial charge on any atom is 0.307 e. The van der Waals surface area contributed by atoms with Gasteiger partial charge in [-0.3, -0.25) is 14.2 Å². The lowest BCUT2D eigenvalue weighted by atomic mass is 9.82. The summed E-state index contributed by atoms with van der Waals surface area (Å²) in [5.41, 5.74) is 0.645. The standard InChI is InChI=1S/C12H12N4O2/c17-12(18)9-4-2-1-3-8(9)11-15-14-10-7-13-5-6-16(10)11/h1-2,5-9H,3-4H2,(H,17,18). The summed E-state index contributed by atoms with van der Waals surface area (Å²) in [7, 11) is 0. The second-order valence-electron chi connectivity index (χ2n) is 4.36. The molecule has 18 heavy (non-hydrogen) atoms.